The Balaban J connectivity index is 1.62. The lowest BCUT2D eigenvalue weighted by molar-refractivity contribution is 0.186. The van der Waals surface area contributed by atoms with Crippen LogP contribution in [0.25, 0.3) is 0 Å². The van der Waals surface area contributed by atoms with E-state index in [1.165, 1.54) is 25.7 Å². The van der Waals surface area contributed by atoms with Gasteiger partial charge in [-0.25, -0.2) is 4.98 Å². The third kappa shape index (κ3) is 2.91. The third-order valence-electron chi connectivity index (χ3n) is 4.33. The van der Waals surface area contributed by atoms with Crippen LogP contribution < -0.4 is 9.64 Å². The predicted molar refractivity (Wildman–Crippen MR) is 82.3 cm³/mol. The molecule has 0 aromatic carbocycles. The van der Waals surface area contributed by atoms with Crippen molar-refractivity contribution in [1.29, 1.82) is 0 Å². The standard InChI is InChI=1S/C14H21BrN4O/c1-20-13-12(15)10-16-14(17-13)19-8-6-18(7-9-19)11-4-2-3-5-11/h10-11H,2-9H2,1H3. The van der Waals surface area contributed by atoms with Gasteiger partial charge in [-0.3, -0.25) is 4.90 Å². The van der Waals surface area contributed by atoms with Crippen molar-refractivity contribution in [2.45, 2.75) is 31.7 Å². The maximum atomic E-state index is 5.24. The molecule has 0 radical (unpaired) electrons. The molecule has 1 aliphatic carbocycles. The van der Waals surface area contributed by atoms with E-state index in [0.29, 0.717) is 5.88 Å². The molecule has 2 heterocycles. The van der Waals surface area contributed by atoms with Gasteiger partial charge >= 0.3 is 0 Å². The highest BCUT2D eigenvalue weighted by Crippen LogP contribution is 2.26. The number of hydrogen-bond acceptors (Lipinski definition) is 5. The highest BCUT2D eigenvalue weighted by Gasteiger charge is 2.27. The van der Waals surface area contributed by atoms with Crippen LogP contribution in [0.4, 0.5) is 5.95 Å². The van der Waals surface area contributed by atoms with E-state index < -0.39 is 0 Å². The Labute approximate surface area is 128 Å². The van der Waals surface area contributed by atoms with E-state index in [1.807, 2.05) is 0 Å². The van der Waals surface area contributed by atoms with Gasteiger partial charge in [0.2, 0.25) is 11.8 Å². The summed E-state index contributed by atoms with van der Waals surface area (Å²) in [6, 6.07) is 0.817. The molecule has 0 N–H and O–H groups in total. The summed E-state index contributed by atoms with van der Waals surface area (Å²) in [6.45, 7) is 4.24. The van der Waals surface area contributed by atoms with Gasteiger partial charge in [0, 0.05) is 32.2 Å². The van der Waals surface area contributed by atoms with Crippen LogP contribution in [0.1, 0.15) is 25.7 Å². The fraction of sp³-hybridized carbons (Fsp3) is 0.714. The normalized spacial score (nSPS) is 21.4. The van der Waals surface area contributed by atoms with Crippen molar-refractivity contribution in [2.24, 2.45) is 0 Å². The summed E-state index contributed by atoms with van der Waals surface area (Å²) in [6.07, 6.45) is 7.32. The van der Waals surface area contributed by atoms with Crippen LogP contribution in [-0.2, 0) is 0 Å². The Morgan fingerprint density at radius 3 is 2.55 bits per heavy atom. The average molecular weight is 341 g/mol. The number of nitrogens with zero attached hydrogens (tertiary/aromatic N) is 4. The molecule has 0 unspecified atom stereocenters. The van der Waals surface area contributed by atoms with Crippen molar-refractivity contribution >= 4 is 21.9 Å². The molecule has 1 aliphatic heterocycles. The first-order chi connectivity index (χ1) is 9.78. The second-order valence-electron chi connectivity index (χ2n) is 5.49. The van der Waals surface area contributed by atoms with Crippen LogP contribution in [0.3, 0.4) is 0 Å². The highest BCUT2D eigenvalue weighted by molar-refractivity contribution is 9.10. The van der Waals surface area contributed by atoms with Crippen LogP contribution in [0.15, 0.2) is 10.7 Å². The fourth-order valence-corrected chi connectivity index (χ4v) is 3.55. The number of methoxy groups -OCH3 is 1. The Morgan fingerprint density at radius 1 is 1.20 bits per heavy atom. The van der Waals surface area contributed by atoms with E-state index >= 15 is 0 Å². The van der Waals surface area contributed by atoms with Crippen molar-refractivity contribution in [3.8, 4) is 5.88 Å². The van der Waals surface area contributed by atoms with E-state index in [0.717, 1.165) is 42.6 Å². The molecule has 0 atom stereocenters. The maximum absolute atomic E-state index is 5.24. The van der Waals surface area contributed by atoms with Crippen LogP contribution in [0.5, 0.6) is 5.88 Å². The third-order valence-corrected chi connectivity index (χ3v) is 4.87. The molecule has 2 aliphatic rings. The minimum atomic E-state index is 0.605. The smallest absolute Gasteiger partial charge is 0.232 e. The Morgan fingerprint density at radius 2 is 1.90 bits per heavy atom. The second-order valence-corrected chi connectivity index (χ2v) is 6.34. The topological polar surface area (TPSA) is 41.5 Å². The molecule has 1 aromatic heterocycles. The Bertz CT molecular complexity index is 456. The minimum absolute atomic E-state index is 0.605. The highest BCUT2D eigenvalue weighted by atomic mass is 79.9. The molecule has 110 valence electrons. The first kappa shape index (κ1) is 14.1. The largest absolute Gasteiger partial charge is 0.480 e. The predicted octanol–water partition coefficient (Wildman–Crippen LogP) is 2.31. The molecule has 5 nitrogen and oxygen atoms in total. The first-order valence-electron chi connectivity index (χ1n) is 7.33. The lowest BCUT2D eigenvalue weighted by Crippen LogP contribution is -2.50. The van der Waals surface area contributed by atoms with Crippen molar-refractivity contribution < 1.29 is 4.74 Å². The zero-order chi connectivity index (χ0) is 13.9. The average Bonchev–Trinajstić information content (AvgIpc) is 3.02. The summed E-state index contributed by atoms with van der Waals surface area (Å²) in [5.74, 6) is 1.38. The molecule has 0 bridgehead atoms. The van der Waals surface area contributed by atoms with Gasteiger partial charge in [-0.2, -0.15) is 4.98 Å². The van der Waals surface area contributed by atoms with Gasteiger partial charge in [0.1, 0.15) is 0 Å². The Kier molecular flexibility index (Phi) is 4.41. The number of aromatic nitrogens is 2. The molecule has 3 rings (SSSR count). The van der Waals surface area contributed by atoms with Crippen molar-refractivity contribution in [2.75, 3.05) is 38.2 Å². The quantitative estimate of drug-likeness (QED) is 0.844. The molecule has 1 saturated carbocycles. The second kappa shape index (κ2) is 6.26. The zero-order valence-electron chi connectivity index (χ0n) is 11.9. The van der Waals surface area contributed by atoms with Gasteiger partial charge in [-0.15, -0.1) is 0 Å². The number of anilines is 1. The van der Waals surface area contributed by atoms with E-state index in [9.17, 15) is 0 Å². The number of rotatable bonds is 3. The van der Waals surface area contributed by atoms with Crippen molar-refractivity contribution in [3.05, 3.63) is 10.7 Å². The molecule has 1 aromatic rings. The molecule has 0 spiro atoms. The van der Waals surface area contributed by atoms with Crippen molar-refractivity contribution in [3.63, 3.8) is 0 Å². The van der Waals surface area contributed by atoms with Gasteiger partial charge in [0.15, 0.2) is 0 Å². The van der Waals surface area contributed by atoms with Gasteiger partial charge in [0.25, 0.3) is 0 Å². The molecule has 2 fully saturated rings. The maximum Gasteiger partial charge on any atom is 0.232 e. The molecular weight excluding hydrogens is 320 g/mol. The van der Waals surface area contributed by atoms with E-state index in [-0.39, 0.29) is 0 Å². The van der Waals surface area contributed by atoms with Gasteiger partial charge in [0.05, 0.1) is 17.8 Å². The molecule has 0 amide bonds. The summed E-state index contributed by atoms with van der Waals surface area (Å²) >= 11 is 3.39. The van der Waals surface area contributed by atoms with Crippen molar-refractivity contribution in [1.82, 2.24) is 14.9 Å². The van der Waals surface area contributed by atoms with Gasteiger partial charge in [-0.05, 0) is 28.8 Å². The van der Waals surface area contributed by atoms with E-state index in [2.05, 4.69) is 35.7 Å². The van der Waals surface area contributed by atoms with Crippen LogP contribution in [-0.4, -0.2) is 54.2 Å². The lowest BCUT2D eigenvalue weighted by Gasteiger charge is -2.38. The fourth-order valence-electron chi connectivity index (χ4n) is 3.19. The number of hydrogen-bond donors (Lipinski definition) is 0. The van der Waals surface area contributed by atoms with Crippen LogP contribution in [0, 0.1) is 0 Å². The lowest BCUT2D eigenvalue weighted by atomic mass is 10.2. The molecule has 6 heteroatoms. The van der Waals surface area contributed by atoms with Crippen LogP contribution >= 0.6 is 15.9 Å². The summed E-state index contributed by atoms with van der Waals surface area (Å²) < 4.78 is 6.04. The molecule has 1 saturated heterocycles. The molecule has 20 heavy (non-hydrogen) atoms. The first-order valence-corrected chi connectivity index (χ1v) is 8.13. The van der Waals surface area contributed by atoms with E-state index in [1.54, 1.807) is 13.3 Å². The van der Waals surface area contributed by atoms with Crippen LogP contribution in [0.2, 0.25) is 0 Å². The molecular formula is C14H21BrN4O. The minimum Gasteiger partial charge on any atom is -0.480 e. The summed E-state index contributed by atoms with van der Waals surface area (Å²) in [5.41, 5.74) is 0. The Hall–Kier alpha value is -0.880. The van der Waals surface area contributed by atoms with Gasteiger partial charge in [-0.1, -0.05) is 12.8 Å². The summed E-state index contributed by atoms with van der Waals surface area (Å²) in [4.78, 5) is 13.8. The SMILES string of the molecule is COc1nc(N2CCN(C3CCCC3)CC2)ncc1Br. The zero-order valence-corrected chi connectivity index (χ0v) is 13.5. The van der Waals surface area contributed by atoms with Gasteiger partial charge < -0.3 is 9.64 Å². The number of ether oxygens (including phenoxy) is 1. The monoisotopic (exact) mass is 340 g/mol. The summed E-state index contributed by atoms with van der Waals surface area (Å²) in [7, 11) is 1.63. The summed E-state index contributed by atoms with van der Waals surface area (Å²) in [5, 5.41) is 0. The number of halogens is 1. The number of piperazine rings is 1. The van der Waals surface area contributed by atoms with E-state index in [4.69, 9.17) is 4.74 Å².